The highest BCUT2D eigenvalue weighted by Crippen LogP contribution is 2.42. The van der Waals surface area contributed by atoms with E-state index in [0.29, 0.717) is 6.42 Å². The lowest BCUT2D eigenvalue weighted by Gasteiger charge is -2.19. The van der Waals surface area contributed by atoms with Gasteiger partial charge in [0, 0.05) is 0 Å². The minimum absolute atomic E-state index is 0.00478. The Bertz CT molecular complexity index is 578. The van der Waals surface area contributed by atoms with E-state index in [4.69, 9.17) is 0 Å². The predicted octanol–water partition coefficient (Wildman–Crippen LogP) is 0.720. The van der Waals surface area contributed by atoms with Gasteiger partial charge in [0.25, 0.3) is 0 Å². The molecule has 1 fully saturated rings. The Kier molecular flexibility index (Phi) is 3.02. The molecule has 0 amide bonds. The second kappa shape index (κ2) is 3.94. The lowest BCUT2D eigenvalue weighted by molar-refractivity contribution is -0.0441. The highest BCUT2D eigenvalue weighted by Gasteiger charge is 2.51. The first-order valence-corrected chi connectivity index (χ1v) is 8.08. The molecule has 104 valence electrons. The first-order chi connectivity index (χ1) is 8.03. The number of hydrogen-bond acceptors (Lipinski definition) is 4. The summed E-state index contributed by atoms with van der Waals surface area (Å²) in [6.45, 7) is 0. The molecule has 10 heteroatoms. The van der Waals surface area contributed by atoms with E-state index in [2.05, 4.69) is 0 Å². The Morgan fingerprint density at radius 2 is 1.67 bits per heavy atom. The zero-order valence-corrected chi connectivity index (χ0v) is 10.5. The molecule has 0 heterocycles. The Morgan fingerprint density at radius 1 is 1.06 bits per heavy atom. The first-order valence-electron chi connectivity index (χ1n) is 5.05. The van der Waals surface area contributed by atoms with Crippen LogP contribution in [0.15, 0.2) is 12.2 Å². The topological polar surface area (TPSA) is 80.3 Å². The molecule has 3 atom stereocenters. The molecule has 2 aliphatic carbocycles. The van der Waals surface area contributed by atoms with E-state index in [-0.39, 0.29) is 12.3 Å². The maximum atomic E-state index is 12.1. The molecule has 0 aromatic rings. The third-order valence-corrected chi connectivity index (χ3v) is 6.90. The van der Waals surface area contributed by atoms with Crippen LogP contribution < -0.4 is 4.13 Å². The van der Waals surface area contributed by atoms with Gasteiger partial charge >= 0.3 is 15.5 Å². The molecule has 0 saturated heterocycles. The third kappa shape index (κ3) is 2.28. The van der Waals surface area contributed by atoms with Gasteiger partial charge < -0.3 is 0 Å². The molecule has 5 nitrogen and oxygen atoms in total. The number of sulfonamides is 2. The van der Waals surface area contributed by atoms with Crippen molar-refractivity contribution in [3.05, 3.63) is 12.2 Å². The molecule has 1 saturated carbocycles. The van der Waals surface area contributed by atoms with Crippen LogP contribution in [0.4, 0.5) is 13.2 Å². The van der Waals surface area contributed by atoms with E-state index in [1.54, 1.807) is 12.2 Å². The fraction of sp³-hybridized carbons (Fsp3) is 0.750. The van der Waals surface area contributed by atoms with Crippen molar-refractivity contribution in [1.82, 2.24) is 4.13 Å². The highest BCUT2D eigenvalue weighted by molar-refractivity contribution is 8.05. The van der Waals surface area contributed by atoms with E-state index in [9.17, 15) is 30.0 Å². The monoisotopic (exact) mass is 305 g/mol. The first kappa shape index (κ1) is 13.8. The fourth-order valence-electron chi connectivity index (χ4n) is 2.35. The highest BCUT2D eigenvalue weighted by atomic mass is 32.3. The van der Waals surface area contributed by atoms with Gasteiger partial charge in [-0.05, 0) is 24.7 Å². The van der Waals surface area contributed by atoms with Gasteiger partial charge in [0.2, 0.25) is 10.0 Å². The fourth-order valence-corrected chi connectivity index (χ4v) is 5.61. The van der Waals surface area contributed by atoms with Crippen molar-refractivity contribution in [3.63, 3.8) is 0 Å². The van der Waals surface area contributed by atoms with Crippen LogP contribution in [-0.2, 0) is 20.0 Å². The Morgan fingerprint density at radius 3 is 2.06 bits per heavy atom. The summed E-state index contributed by atoms with van der Waals surface area (Å²) in [5.41, 5.74) is -5.63. The maximum Gasteiger partial charge on any atom is 0.512 e. The predicted molar refractivity (Wildman–Crippen MR) is 56.2 cm³/mol. The number of hydrogen-bond donors (Lipinski definition) is 1. The summed E-state index contributed by atoms with van der Waals surface area (Å²) in [6, 6.07) is 0. The zero-order chi connectivity index (χ0) is 13.8. The van der Waals surface area contributed by atoms with E-state index >= 15 is 0 Å². The summed E-state index contributed by atoms with van der Waals surface area (Å²) in [4.78, 5) is 0. The van der Waals surface area contributed by atoms with Crippen molar-refractivity contribution in [3.8, 4) is 0 Å². The van der Waals surface area contributed by atoms with Crippen molar-refractivity contribution >= 4 is 20.0 Å². The molecule has 1 N–H and O–H groups in total. The molecule has 0 spiro atoms. The van der Waals surface area contributed by atoms with Gasteiger partial charge in [-0.3, -0.25) is 0 Å². The normalized spacial score (nSPS) is 32.1. The Hall–Kier alpha value is -0.610. The number of halogens is 3. The molecule has 0 aromatic heterocycles. The van der Waals surface area contributed by atoms with Crippen LogP contribution in [0.1, 0.15) is 12.8 Å². The lowest BCUT2D eigenvalue weighted by atomic mass is 10.1. The van der Waals surface area contributed by atoms with Crippen molar-refractivity contribution in [2.24, 2.45) is 11.8 Å². The Balaban J connectivity index is 2.22. The molecule has 0 aliphatic heterocycles. The van der Waals surface area contributed by atoms with Crippen LogP contribution in [0.3, 0.4) is 0 Å². The van der Waals surface area contributed by atoms with Gasteiger partial charge in [-0.15, -0.1) is 4.13 Å². The summed E-state index contributed by atoms with van der Waals surface area (Å²) >= 11 is 0. The zero-order valence-electron chi connectivity index (χ0n) is 8.88. The van der Waals surface area contributed by atoms with Gasteiger partial charge in [0.05, 0.1) is 5.25 Å². The van der Waals surface area contributed by atoms with Crippen molar-refractivity contribution < 1.29 is 30.0 Å². The number of allylic oxidation sites excluding steroid dienone is 2. The standard InChI is InChI=1S/C8H10F3NO4S2/c9-8(10,11)18(15,16)12-17(13,14)7-4-5-1-2-6(7)3-5/h1-2,5-7,12H,3-4H2. The Labute approximate surface area is 102 Å². The van der Waals surface area contributed by atoms with Crippen LogP contribution in [0, 0.1) is 11.8 Å². The molecule has 0 radical (unpaired) electrons. The molecule has 3 unspecified atom stereocenters. The van der Waals surface area contributed by atoms with Crippen molar-refractivity contribution in [2.75, 3.05) is 0 Å². The summed E-state index contributed by atoms with van der Waals surface area (Å²) in [5, 5.41) is -1.11. The minimum atomic E-state index is -5.87. The average Bonchev–Trinajstić information content (AvgIpc) is 2.74. The second-order valence-electron chi connectivity index (χ2n) is 4.40. The molecule has 2 aliphatic rings. The summed E-state index contributed by atoms with van der Waals surface area (Å²) in [5.74, 6) is -0.402. The maximum absolute atomic E-state index is 12.1. The minimum Gasteiger partial charge on any atom is -0.211 e. The van der Waals surface area contributed by atoms with Crippen LogP contribution >= 0.6 is 0 Å². The molecular formula is C8H10F3NO4S2. The largest absolute Gasteiger partial charge is 0.512 e. The number of alkyl halides is 3. The van der Waals surface area contributed by atoms with Gasteiger partial charge in [0.15, 0.2) is 0 Å². The summed E-state index contributed by atoms with van der Waals surface area (Å²) < 4.78 is 82.0. The lowest BCUT2D eigenvalue weighted by Crippen LogP contribution is -2.45. The molecule has 2 bridgehead atoms. The summed E-state index contributed by atoms with van der Waals surface area (Å²) in [7, 11) is -10.4. The van der Waals surface area contributed by atoms with E-state index in [1.165, 1.54) is 0 Å². The molecule has 0 aromatic carbocycles. The van der Waals surface area contributed by atoms with Gasteiger partial charge in [-0.1, -0.05) is 12.2 Å². The second-order valence-corrected chi connectivity index (χ2v) is 8.23. The van der Waals surface area contributed by atoms with Gasteiger partial charge in [0.1, 0.15) is 0 Å². The number of nitrogens with one attached hydrogen (secondary N) is 1. The van der Waals surface area contributed by atoms with Crippen LogP contribution in [-0.4, -0.2) is 27.6 Å². The SMILES string of the molecule is O=S(=O)(NS(=O)(=O)C(F)(F)F)C1CC2C=CC1C2. The van der Waals surface area contributed by atoms with Gasteiger partial charge in [-0.25, -0.2) is 16.8 Å². The van der Waals surface area contributed by atoms with E-state index < -0.39 is 36.7 Å². The summed E-state index contributed by atoms with van der Waals surface area (Å²) in [6.07, 6.45) is 4.11. The molecular weight excluding hydrogens is 295 g/mol. The smallest absolute Gasteiger partial charge is 0.211 e. The number of rotatable bonds is 3. The quantitative estimate of drug-likeness (QED) is 0.779. The van der Waals surface area contributed by atoms with Crippen LogP contribution in [0.25, 0.3) is 0 Å². The number of fused-ring (bicyclic) bond motifs is 2. The van der Waals surface area contributed by atoms with Crippen molar-refractivity contribution in [1.29, 1.82) is 0 Å². The molecule has 2 rings (SSSR count). The van der Waals surface area contributed by atoms with E-state index in [1.807, 2.05) is 0 Å². The van der Waals surface area contributed by atoms with Crippen LogP contribution in [0.2, 0.25) is 0 Å². The van der Waals surface area contributed by atoms with Crippen LogP contribution in [0.5, 0.6) is 0 Å². The van der Waals surface area contributed by atoms with Gasteiger partial charge in [-0.2, -0.15) is 13.2 Å². The van der Waals surface area contributed by atoms with Crippen molar-refractivity contribution in [2.45, 2.75) is 23.6 Å². The molecule has 18 heavy (non-hydrogen) atoms. The third-order valence-electron chi connectivity index (χ3n) is 3.15. The average molecular weight is 305 g/mol. The van der Waals surface area contributed by atoms with E-state index in [0.717, 1.165) is 4.13 Å².